The van der Waals surface area contributed by atoms with Gasteiger partial charge in [-0.3, -0.25) is 9.78 Å². The van der Waals surface area contributed by atoms with Gasteiger partial charge in [-0.05, 0) is 12.8 Å². The van der Waals surface area contributed by atoms with Crippen LogP contribution in [0.5, 0.6) is 0 Å². The second-order valence-electron chi connectivity index (χ2n) is 4.09. The van der Waals surface area contributed by atoms with Crippen molar-refractivity contribution in [1.29, 1.82) is 0 Å². The Labute approximate surface area is 103 Å². The molecule has 94 valence electrons. The molecule has 0 spiro atoms. The smallest absolute Gasteiger partial charge is 0.274 e. The van der Waals surface area contributed by atoms with Crippen LogP contribution in [-0.4, -0.2) is 33.9 Å². The highest BCUT2D eigenvalue weighted by Crippen LogP contribution is 2.04. The van der Waals surface area contributed by atoms with Gasteiger partial charge in [0.2, 0.25) is 0 Å². The predicted molar refractivity (Wildman–Crippen MR) is 67.8 cm³/mol. The molecule has 1 aromatic rings. The van der Waals surface area contributed by atoms with Gasteiger partial charge in [0, 0.05) is 25.5 Å². The highest BCUT2D eigenvalue weighted by atomic mass is 16.2. The van der Waals surface area contributed by atoms with Crippen LogP contribution < -0.4 is 0 Å². The highest BCUT2D eigenvalue weighted by molar-refractivity contribution is 5.91. The molecule has 1 amide bonds. The van der Waals surface area contributed by atoms with Gasteiger partial charge < -0.3 is 4.90 Å². The Hall–Kier alpha value is -1.45. The maximum absolute atomic E-state index is 12.2. The fourth-order valence-corrected chi connectivity index (χ4v) is 1.58. The van der Waals surface area contributed by atoms with Crippen molar-refractivity contribution in [1.82, 2.24) is 14.9 Å². The standard InChI is InChI=1S/C13H21N3O/c1-3-5-9-16(10-6-4-2)13(17)12-11-14-7-8-15-12/h7-8,11H,3-6,9-10H2,1-2H3. The zero-order valence-electron chi connectivity index (χ0n) is 10.7. The van der Waals surface area contributed by atoms with E-state index in [2.05, 4.69) is 23.8 Å². The van der Waals surface area contributed by atoms with Crippen molar-refractivity contribution in [3.63, 3.8) is 0 Å². The van der Waals surface area contributed by atoms with E-state index in [9.17, 15) is 4.79 Å². The third-order valence-electron chi connectivity index (χ3n) is 2.63. The van der Waals surface area contributed by atoms with E-state index in [4.69, 9.17) is 0 Å². The molecule has 1 rings (SSSR count). The van der Waals surface area contributed by atoms with Crippen LogP contribution in [0.3, 0.4) is 0 Å². The molecule has 0 aliphatic carbocycles. The molecule has 17 heavy (non-hydrogen) atoms. The summed E-state index contributed by atoms with van der Waals surface area (Å²) < 4.78 is 0. The van der Waals surface area contributed by atoms with Crippen molar-refractivity contribution in [3.8, 4) is 0 Å². The lowest BCUT2D eigenvalue weighted by molar-refractivity contribution is 0.0744. The van der Waals surface area contributed by atoms with Crippen LogP contribution in [0.1, 0.15) is 50.0 Å². The van der Waals surface area contributed by atoms with Crippen molar-refractivity contribution in [2.24, 2.45) is 0 Å². The minimum absolute atomic E-state index is 0.000000000000000444. The van der Waals surface area contributed by atoms with Crippen LogP contribution in [0.2, 0.25) is 0 Å². The number of carbonyl (C=O) groups is 1. The Balaban J connectivity index is 2.64. The summed E-state index contributed by atoms with van der Waals surface area (Å²) in [5.41, 5.74) is 0.444. The molecule has 0 saturated carbocycles. The van der Waals surface area contributed by atoms with Gasteiger partial charge in [0.1, 0.15) is 5.69 Å². The number of amides is 1. The minimum Gasteiger partial charge on any atom is -0.337 e. The van der Waals surface area contributed by atoms with Crippen molar-refractivity contribution in [2.75, 3.05) is 13.1 Å². The number of unbranched alkanes of at least 4 members (excludes halogenated alkanes) is 2. The molecular weight excluding hydrogens is 214 g/mol. The normalized spacial score (nSPS) is 10.2. The Morgan fingerprint density at radius 1 is 1.18 bits per heavy atom. The molecule has 0 bridgehead atoms. The molecule has 0 unspecified atom stereocenters. The molecule has 0 fully saturated rings. The average molecular weight is 235 g/mol. The number of aromatic nitrogens is 2. The van der Waals surface area contributed by atoms with Gasteiger partial charge in [-0.2, -0.15) is 0 Å². The molecule has 1 heterocycles. The van der Waals surface area contributed by atoms with E-state index in [-0.39, 0.29) is 5.91 Å². The molecule has 4 nitrogen and oxygen atoms in total. The van der Waals surface area contributed by atoms with E-state index < -0.39 is 0 Å². The second-order valence-corrected chi connectivity index (χ2v) is 4.09. The van der Waals surface area contributed by atoms with Crippen molar-refractivity contribution in [2.45, 2.75) is 39.5 Å². The van der Waals surface area contributed by atoms with Crippen LogP contribution in [0.25, 0.3) is 0 Å². The molecule has 1 aromatic heterocycles. The van der Waals surface area contributed by atoms with Crippen molar-refractivity contribution >= 4 is 5.91 Å². The zero-order valence-corrected chi connectivity index (χ0v) is 10.7. The van der Waals surface area contributed by atoms with E-state index in [0.717, 1.165) is 38.8 Å². The number of nitrogens with zero attached hydrogens (tertiary/aromatic N) is 3. The second kappa shape index (κ2) is 7.76. The van der Waals surface area contributed by atoms with Gasteiger partial charge in [0.15, 0.2) is 0 Å². The Bertz CT molecular complexity index is 319. The topological polar surface area (TPSA) is 46.1 Å². The summed E-state index contributed by atoms with van der Waals surface area (Å²) in [5.74, 6) is 0.000000000000000444. The largest absolute Gasteiger partial charge is 0.337 e. The van der Waals surface area contributed by atoms with E-state index in [1.807, 2.05) is 4.90 Å². The molecule has 0 aliphatic heterocycles. The summed E-state index contributed by atoms with van der Waals surface area (Å²) in [5, 5.41) is 0. The molecule has 4 heteroatoms. The SMILES string of the molecule is CCCCN(CCCC)C(=O)c1cnccn1. The van der Waals surface area contributed by atoms with E-state index >= 15 is 0 Å². The monoisotopic (exact) mass is 235 g/mol. The maximum Gasteiger partial charge on any atom is 0.274 e. The lowest BCUT2D eigenvalue weighted by atomic mass is 10.2. The Morgan fingerprint density at radius 3 is 2.29 bits per heavy atom. The average Bonchev–Trinajstić information content (AvgIpc) is 2.39. The first-order chi connectivity index (χ1) is 8.29. The molecule has 0 N–H and O–H groups in total. The summed E-state index contributed by atoms with van der Waals surface area (Å²) in [6.45, 7) is 5.88. The van der Waals surface area contributed by atoms with Gasteiger partial charge >= 0.3 is 0 Å². The maximum atomic E-state index is 12.2. The van der Waals surface area contributed by atoms with Gasteiger partial charge in [-0.1, -0.05) is 26.7 Å². The fraction of sp³-hybridized carbons (Fsp3) is 0.615. The van der Waals surface area contributed by atoms with Crippen LogP contribution in [0, 0.1) is 0 Å². The molecule has 0 aliphatic rings. The zero-order chi connectivity index (χ0) is 12.5. The number of hydrogen-bond acceptors (Lipinski definition) is 3. The van der Waals surface area contributed by atoms with Gasteiger partial charge in [0.05, 0.1) is 6.20 Å². The Morgan fingerprint density at radius 2 is 1.82 bits per heavy atom. The fourth-order valence-electron chi connectivity index (χ4n) is 1.58. The van der Waals surface area contributed by atoms with E-state index in [1.165, 1.54) is 6.20 Å². The summed E-state index contributed by atoms with van der Waals surface area (Å²) in [7, 11) is 0. The molecule has 0 saturated heterocycles. The first-order valence-corrected chi connectivity index (χ1v) is 6.34. The number of rotatable bonds is 7. The van der Waals surface area contributed by atoms with Crippen molar-refractivity contribution in [3.05, 3.63) is 24.3 Å². The quantitative estimate of drug-likeness (QED) is 0.729. The summed E-state index contributed by atoms with van der Waals surface area (Å²) in [6, 6.07) is 0. The molecule has 0 radical (unpaired) electrons. The molecular formula is C13H21N3O. The van der Waals surface area contributed by atoms with Crippen LogP contribution in [0.15, 0.2) is 18.6 Å². The molecule has 0 aromatic carbocycles. The number of carbonyl (C=O) groups excluding carboxylic acids is 1. The highest BCUT2D eigenvalue weighted by Gasteiger charge is 2.15. The van der Waals surface area contributed by atoms with Crippen LogP contribution in [-0.2, 0) is 0 Å². The summed E-state index contributed by atoms with van der Waals surface area (Å²) >= 11 is 0. The van der Waals surface area contributed by atoms with E-state index in [0.29, 0.717) is 5.69 Å². The first kappa shape index (κ1) is 13.6. The van der Waals surface area contributed by atoms with Crippen molar-refractivity contribution < 1.29 is 4.79 Å². The van der Waals surface area contributed by atoms with Gasteiger partial charge in [-0.25, -0.2) is 4.98 Å². The van der Waals surface area contributed by atoms with Crippen LogP contribution in [0.4, 0.5) is 0 Å². The number of hydrogen-bond donors (Lipinski definition) is 0. The first-order valence-electron chi connectivity index (χ1n) is 6.34. The van der Waals surface area contributed by atoms with E-state index in [1.54, 1.807) is 12.4 Å². The van der Waals surface area contributed by atoms with Gasteiger partial charge in [0.25, 0.3) is 5.91 Å². The Kier molecular flexibility index (Phi) is 6.22. The third kappa shape index (κ3) is 4.51. The lowest BCUT2D eigenvalue weighted by Gasteiger charge is -2.21. The third-order valence-corrected chi connectivity index (χ3v) is 2.63. The molecule has 0 atom stereocenters. The lowest BCUT2D eigenvalue weighted by Crippen LogP contribution is -2.33. The van der Waals surface area contributed by atoms with Gasteiger partial charge in [-0.15, -0.1) is 0 Å². The predicted octanol–water partition coefficient (Wildman–Crippen LogP) is 2.52. The van der Waals surface area contributed by atoms with Crippen LogP contribution >= 0.6 is 0 Å². The minimum atomic E-state index is 0.000000000000000444. The summed E-state index contributed by atoms with van der Waals surface area (Å²) in [6.07, 6.45) is 8.94. The summed E-state index contributed by atoms with van der Waals surface area (Å²) in [4.78, 5) is 22.1.